The van der Waals surface area contributed by atoms with E-state index < -0.39 is 11.5 Å². The summed E-state index contributed by atoms with van der Waals surface area (Å²) in [7, 11) is 1.61. The zero-order chi connectivity index (χ0) is 33.4. The Morgan fingerprint density at radius 1 is 0.957 bits per heavy atom. The fraction of sp³-hybridized carbons (Fsp3) is 0.529. The molecule has 11 nitrogen and oxygen atoms in total. The number of nitrogens with zero attached hydrogens (tertiary/aromatic N) is 3. The average molecular weight is 681 g/mol. The maximum absolute atomic E-state index is 13.6. The molecule has 13 heteroatoms. The Morgan fingerprint density at radius 2 is 1.62 bits per heavy atom. The monoisotopic (exact) mass is 680 g/mol. The van der Waals surface area contributed by atoms with E-state index in [1.54, 1.807) is 17.9 Å². The van der Waals surface area contributed by atoms with E-state index in [0.29, 0.717) is 61.9 Å². The summed E-state index contributed by atoms with van der Waals surface area (Å²) in [6.07, 6.45) is 4.03. The van der Waals surface area contributed by atoms with E-state index >= 15 is 0 Å². The van der Waals surface area contributed by atoms with Crippen LogP contribution in [0, 0.1) is 11.3 Å². The first-order chi connectivity index (χ1) is 22.7. The highest BCUT2D eigenvalue weighted by molar-refractivity contribution is 7.10. The van der Waals surface area contributed by atoms with Crippen molar-refractivity contribution >= 4 is 46.3 Å². The van der Waals surface area contributed by atoms with Crippen LogP contribution in [-0.2, 0) is 20.7 Å². The van der Waals surface area contributed by atoms with Gasteiger partial charge in [0.1, 0.15) is 21.4 Å². The first-order valence-electron chi connectivity index (χ1n) is 16.3. The molecule has 0 saturated heterocycles. The number of methoxy groups -OCH3 is 1. The van der Waals surface area contributed by atoms with Gasteiger partial charge in [-0.3, -0.25) is 19.2 Å². The van der Waals surface area contributed by atoms with Crippen LogP contribution in [0.2, 0.25) is 0 Å². The third-order valence-corrected chi connectivity index (χ3v) is 10.4. The number of carbonyl (C=O) groups excluding carboxylic acids is 4. The Morgan fingerprint density at radius 3 is 2.28 bits per heavy atom. The molecule has 47 heavy (non-hydrogen) atoms. The highest BCUT2D eigenvalue weighted by Gasteiger charge is 2.51. The van der Waals surface area contributed by atoms with E-state index in [9.17, 15) is 19.2 Å². The summed E-state index contributed by atoms with van der Waals surface area (Å²) < 4.78 is 5.37. The molecule has 4 bridgehead atoms. The quantitative estimate of drug-likeness (QED) is 0.329. The van der Waals surface area contributed by atoms with E-state index in [-0.39, 0.29) is 53.4 Å². The number of rotatable bonds is 7. The summed E-state index contributed by atoms with van der Waals surface area (Å²) in [6.45, 7) is 5.79. The molecule has 2 aromatic heterocycles. The molecule has 1 aliphatic heterocycles. The number of fused-ring (bicyclic) bond motifs is 4. The summed E-state index contributed by atoms with van der Waals surface area (Å²) >= 11 is 2.67. The van der Waals surface area contributed by atoms with Crippen molar-refractivity contribution in [2.75, 3.05) is 33.4 Å². The van der Waals surface area contributed by atoms with Crippen LogP contribution in [0.5, 0.6) is 0 Å². The average Bonchev–Trinajstić information content (AvgIpc) is 3.42. The number of nitrogens with one attached hydrogen (secondary N) is 3. The van der Waals surface area contributed by atoms with E-state index in [2.05, 4.69) is 39.8 Å². The van der Waals surface area contributed by atoms with Gasteiger partial charge >= 0.3 is 0 Å². The van der Waals surface area contributed by atoms with Crippen LogP contribution in [0.15, 0.2) is 41.1 Å². The molecule has 4 amide bonds. The standard InChI is InChI=1S/C34H44N6O5S2/c1-22(2)17-24-31-39-27(20-47-31)30(43)37-25(18-23-9-5-4-6-10-23)32-38-26(19-46-32)29(42)35-14-8-16-40(15-7-11-28(41)36-24)33(44)34(12-13-34)21-45-3/h4-6,9-10,19-20,22,24-25H,7-8,11-18,21H2,1-3H3,(H,35,42)(H,36,41)(H,37,43)/t24-,25-/m0/s1. The molecule has 2 atom stereocenters. The Kier molecular flexibility index (Phi) is 11.8. The number of carbonyl (C=O) groups is 4. The van der Waals surface area contributed by atoms with Crippen molar-refractivity contribution < 1.29 is 23.9 Å². The maximum atomic E-state index is 13.6. The lowest BCUT2D eigenvalue weighted by Gasteiger charge is -2.27. The number of hydrogen-bond donors (Lipinski definition) is 3. The minimum atomic E-state index is -0.490. The Balaban J connectivity index is 1.40. The van der Waals surface area contributed by atoms with Crippen molar-refractivity contribution in [3.05, 3.63) is 68.1 Å². The van der Waals surface area contributed by atoms with Crippen LogP contribution in [0.3, 0.4) is 0 Å². The fourth-order valence-corrected chi connectivity index (χ4v) is 7.55. The van der Waals surface area contributed by atoms with Crippen LogP contribution in [0.4, 0.5) is 0 Å². The molecular formula is C34H44N6O5S2. The molecule has 3 heterocycles. The minimum Gasteiger partial charge on any atom is -0.384 e. The van der Waals surface area contributed by atoms with Crippen LogP contribution in [0.1, 0.15) is 101 Å². The van der Waals surface area contributed by atoms with Gasteiger partial charge in [0.25, 0.3) is 11.8 Å². The third-order valence-electron chi connectivity index (χ3n) is 8.47. The molecular weight excluding hydrogens is 637 g/mol. The maximum Gasteiger partial charge on any atom is 0.271 e. The molecule has 3 aromatic rings. The highest BCUT2D eigenvalue weighted by Crippen LogP contribution is 2.47. The molecule has 5 rings (SSSR count). The SMILES string of the molecule is COCC1(C(=O)N2CCCNC(=O)c3csc(n3)[C@H](Cc3ccccc3)NC(=O)c3csc(n3)[C@H](CC(C)C)NC(=O)CCC2)CC1. The van der Waals surface area contributed by atoms with Gasteiger partial charge in [0.15, 0.2) is 0 Å². The second kappa shape index (κ2) is 15.9. The molecule has 3 N–H and O–H groups in total. The molecule has 1 aliphatic carbocycles. The summed E-state index contributed by atoms with van der Waals surface area (Å²) in [6, 6.07) is 8.98. The molecule has 0 radical (unpaired) electrons. The number of thiazole rings is 2. The van der Waals surface area contributed by atoms with E-state index in [1.165, 1.54) is 22.7 Å². The zero-order valence-electron chi connectivity index (χ0n) is 27.3. The number of amides is 4. The van der Waals surface area contributed by atoms with Crippen LogP contribution < -0.4 is 16.0 Å². The van der Waals surface area contributed by atoms with E-state index in [1.807, 2.05) is 35.2 Å². The fourth-order valence-electron chi connectivity index (χ4n) is 5.84. The van der Waals surface area contributed by atoms with Gasteiger partial charge in [-0.15, -0.1) is 22.7 Å². The molecule has 1 fully saturated rings. The van der Waals surface area contributed by atoms with Gasteiger partial charge in [-0.25, -0.2) is 9.97 Å². The van der Waals surface area contributed by atoms with Crippen molar-refractivity contribution in [1.29, 1.82) is 0 Å². The van der Waals surface area contributed by atoms with Crippen LogP contribution in [0.25, 0.3) is 0 Å². The highest BCUT2D eigenvalue weighted by atomic mass is 32.1. The van der Waals surface area contributed by atoms with Crippen molar-refractivity contribution in [2.24, 2.45) is 11.3 Å². The second-order valence-corrected chi connectivity index (χ2v) is 14.6. The van der Waals surface area contributed by atoms with Gasteiger partial charge in [-0.1, -0.05) is 44.2 Å². The molecule has 2 aliphatic rings. The van der Waals surface area contributed by atoms with Gasteiger partial charge in [-0.05, 0) is 50.0 Å². The topological polar surface area (TPSA) is 143 Å². The zero-order valence-corrected chi connectivity index (χ0v) is 28.9. The normalized spacial score (nSPS) is 20.9. The number of benzene rings is 1. The van der Waals surface area contributed by atoms with Crippen molar-refractivity contribution in [2.45, 2.75) is 70.9 Å². The van der Waals surface area contributed by atoms with Crippen molar-refractivity contribution in [3.63, 3.8) is 0 Å². The van der Waals surface area contributed by atoms with E-state index in [0.717, 1.165) is 18.4 Å². The van der Waals surface area contributed by atoms with Gasteiger partial charge < -0.3 is 25.6 Å². The summed E-state index contributed by atoms with van der Waals surface area (Å²) in [5.74, 6) is -0.450. The molecule has 252 valence electrons. The summed E-state index contributed by atoms with van der Waals surface area (Å²) in [4.78, 5) is 64.5. The molecule has 0 spiro atoms. The Labute approximate surface area is 283 Å². The van der Waals surface area contributed by atoms with Gasteiger partial charge in [0.2, 0.25) is 11.8 Å². The lowest BCUT2D eigenvalue weighted by atomic mass is 10.0. The number of aromatic nitrogens is 2. The van der Waals surface area contributed by atoms with Crippen molar-refractivity contribution in [3.8, 4) is 0 Å². The Hall–Kier alpha value is -3.68. The minimum absolute atomic E-state index is 0.0447. The van der Waals surface area contributed by atoms with Crippen LogP contribution >= 0.6 is 22.7 Å². The Bertz CT molecular complexity index is 1540. The molecule has 1 aromatic carbocycles. The first kappa shape index (κ1) is 34.6. The van der Waals surface area contributed by atoms with Crippen LogP contribution in [-0.4, -0.2) is 71.8 Å². The number of ether oxygens (including phenoxy) is 1. The van der Waals surface area contributed by atoms with Gasteiger partial charge in [0.05, 0.1) is 24.1 Å². The predicted octanol–water partition coefficient (Wildman–Crippen LogP) is 4.69. The first-order valence-corrected chi connectivity index (χ1v) is 18.0. The summed E-state index contributed by atoms with van der Waals surface area (Å²) in [5, 5.41) is 13.9. The lowest BCUT2D eigenvalue weighted by Crippen LogP contribution is -2.41. The third kappa shape index (κ3) is 9.23. The lowest BCUT2D eigenvalue weighted by molar-refractivity contribution is -0.139. The largest absolute Gasteiger partial charge is 0.384 e. The van der Waals surface area contributed by atoms with Gasteiger partial charge in [0, 0.05) is 43.9 Å². The van der Waals surface area contributed by atoms with Gasteiger partial charge in [-0.2, -0.15) is 0 Å². The van der Waals surface area contributed by atoms with E-state index in [4.69, 9.17) is 4.74 Å². The number of hydrogen-bond acceptors (Lipinski definition) is 9. The molecule has 1 saturated carbocycles. The smallest absolute Gasteiger partial charge is 0.271 e. The van der Waals surface area contributed by atoms with Crippen molar-refractivity contribution in [1.82, 2.24) is 30.8 Å². The predicted molar refractivity (Wildman–Crippen MR) is 181 cm³/mol. The second-order valence-electron chi connectivity index (χ2n) is 12.8. The summed E-state index contributed by atoms with van der Waals surface area (Å²) in [5.41, 5.74) is 1.08. The molecule has 0 unspecified atom stereocenters.